The Morgan fingerprint density at radius 3 is 1.45 bits per heavy atom. The molecule has 0 aliphatic rings. The summed E-state index contributed by atoms with van der Waals surface area (Å²) in [6, 6.07) is 68.4. The first-order valence-electron chi connectivity index (χ1n) is 17.5. The minimum atomic E-state index is 1.14. The van der Waals surface area contributed by atoms with Gasteiger partial charge in [-0.1, -0.05) is 127 Å². The molecule has 0 radical (unpaired) electrons. The second kappa shape index (κ2) is 10.8. The number of fused-ring (bicyclic) bond motifs is 10. The fraction of sp³-hybridized carbons (Fsp3) is 0. The lowest BCUT2D eigenvalue weighted by atomic mass is 10.1. The molecule has 0 aliphatic heterocycles. The van der Waals surface area contributed by atoms with Crippen LogP contribution in [0.3, 0.4) is 0 Å². The van der Waals surface area contributed by atoms with Crippen LogP contribution in [0.1, 0.15) is 0 Å². The van der Waals surface area contributed by atoms with E-state index < -0.39 is 0 Å². The van der Waals surface area contributed by atoms with Crippen molar-refractivity contribution in [1.82, 2.24) is 13.7 Å². The summed E-state index contributed by atoms with van der Waals surface area (Å²) in [5.74, 6) is 0. The van der Waals surface area contributed by atoms with E-state index in [-0.39, 0.29) is 0 Å². The lowest BCUT2D eigenvalue weighted by Gasteiger charge is -2.12. The topological polar surface area (TPSA) is 14.8 Å². The number of aromatic nitrogens is 3. The van der Waals surface area contributed by atoms with E-state index in [4.69, 9.17) is 0 Å². The van der Waals surface area contributed by atoms with Crippen LogP contribution in [-0.2, 0) is 0 Å². The minimum absolute atomic E-state index is 1.14. The third kappa shape index (κ3) is 4.06. The zero-order chi connectivity index (χ0) is 33.5. The minimum Gasteiger partial charge on any atom is -0.309 e. The maximum absolute atomic E-state index is 2.47. The molecule has 0 atom stereocenters. The molecule has 238 valence electrons. The second-order valence-electron chi connectivity index (χ2n) is 13.4. The molecule has 3 aromatic heterocycles. The first kappa shape index (κ1) is 28.0. The lowest BCUT2D eigenvalue weighted by molar-refractivity contribution is 1.15. The zero-order valence-electron chi connectivity index (χ0n) is 27.7. The van der Waals surface area contributed by atoms with E-state index >= 15 is 0 Å². The smallest absolute Gasteiger partial charge is 0.0641 e. The van der Waals surface area contributed by atoms with Crippen molar-refractivity contribution in [3.05, 3.63) is 188 Å². The summed E-state index contributed by atoms with van der Waals surface area (Å²) in [6.45, 7) is 0. The molecule has 0 amide bonds. The molecule has 11 rings (SSSR count). The zero-order valence-corrected chi connectivity index (χ0v) is 27.7. The fourth-order valence-electron chi connectivity index (χ4n) is 8.44. The van der Waals surface area contributed by atoms with E-state index in [2.05, 4.69) is 202 Å². The van der Waals surface area contributed by atoms with Crippen molar-refractivity contribution >= 4 is 65.4 Å². The molecule has 0 saturated carbocycles. The Bertz CT molecular complexity index is 3110. The van der Waals surface area contributed by atoms with Crippen molar-refractivity contribution in [3.63, 3.8) is 0 Å². The van der Waals surface area contributed by atoms with E-state index in [0.717, 1.165) is 17.1 Å². The number of hydrogen-bond acceptors (Lipinski definition) is 0. The van der Waals surface area contributed by atoms with Crippen molar-refractivity contribution in [3.8, 4) is 28.2 Å². The number of rotatable bonds is 4. The predicted octanol–water partition coefficient (Wildman–Crippen LogP) is 12.6. The van der Waals surface area contributed by atoms with Crippen LogP contribution in [0.15, 0.2) is 188 Å². The highest BCUT2D eigenvalue weighted by atomic mass is 15.0. The first-order chi connectivity index (χ1) is 25.3. The summed E-state index contributed by atoms with van der Waals surface area (Å²) in [6.07, 6.45) is 0. The standard InChI is InChI=1S/C48H31N3/c1-3-13-32(14-4-1)33-23-25-35(26-24-33)51-43-21-11-8-18-38(43)40-29-30-45-47(48(40)51)41-19-9-12-22-44(41)50(45)36-27-28-39-37-17-7-10-20-42(37)49(46(39)31-36)34-15-5-2-6-16-34/h1-31H. The quantitative estimate of drug-likeness (QED) is 0.180. The van der Waals surface area contributed by atoms with Crippen molar-refractivity contribution in [1.29, 1.82) is 0 Å². The van der Waals surface area contributed by atoms with Gasteiger partial charge in [0.1, 0.15) is 0 Å². The Hall–Kier alpha value is -6.84. The lowest BCUT2D eigenvalue weighted by Crippen LogP contribution is -1.97. The summed E-state index contributed by atoms with van der Waals surface area (Å²) in [7, 11) is 0. The van der Waals surface area contributed by atoms with Gasteiger partial charge in [0.25, 0.3) is 0 Å². The normalized spacial score (nSPS) is 11.9. The van der Waals surface area contributed by atoms with Crippen molar-refractivity contribution in [2.24, 2.45) is 0 Å². The van der Waals surface area contributed by atoms with Gasteiger partial charge >= 0.3 is 0 Å². The van der Waals surface area contributed by atoms with Crippen LogP contribution in [0.25, 0.3) is 93.6 Å². The molecule has 3 heterocycles. The first-order valence-corrected chi connectivity index (χ1v) is 17.5. The van der Waals surface area contributed by atoms with Crippen molar-refractivity contribution in [2.45, 2.75) is 0 Å². The van der Waals surface area contributed by atoms with Gasteiger partial charge in [-0.2, -0.15) is 0 Å². The second-order valence-corrected chi connectivity index (χ2v) is 13.4. The van der Waals surface area contributed by atoms with Gasteiger partial charge in [0, 0.05) is 49.4 Å². The van der Waals surface area contributed by atoms with Crippen LogP contribution in [-0.4, -0.2) is 13.7 Å². The van der Waals surface area contributed by atoms with Crippen LogP contribution in [0.5, 0.6) is 0 Å². The van der Waals surface area contributed by atoms with Gasteiger partial charge in [0.2, 0.25) is 0 Å². The van der Waals surface area contributed by atoms with Crippen LogP contribution >= 0.6 is 0 Å². The highest BCUT2D eigenvalue weighted by molar-refractivity contribution is 6.26. The van der Waals surface area contributed by atoms with E-state index in [1.807, 2.05) is 0 Å². The molecule has 0 bridgehead atoms. The van der Waals surface area contributed by atoms with Gasteiger partial charge in [-0.15, -0.1) is 0 Å². The molecule has 0 unspecified atom stereocenters. The van der Waals surface area contributed by atoms with E-state index in [1.165, 1.54) is 76.5 Å². The van der Waals surface area contributed by atoms with E-state index in [0.29, 0.717) is 0 Å². The van der Waals surface area contributed by atoms with Gasteiger partial charge in [-0.05, 0) is 71.8 Å². The molecule has 8 aromatic carbocycles. The molecular weight excluding hydrogens is 619 g/mol. The molecule has 0 saturated heterocycles. The SMILES string of the molecule is c1ccc(-c2ccc(-n3c4ccccc4c4ccc5c(c6ccccc6n5-c5ccc6c7ccccc7n(-c7ccccc7)c6c5)c43)cc2)cc1. The Morgan fingerprint density at radius 1 is 0.255 bits per heavy atom. The molecule has 0 spiro atoms. The monoisotopic (exact) mass is 649 g/mol. The van der Waals surface area contributed by atoms with Crippen LogP contribution in [0, 0.1) is 0 Å². The summed E-state index contributed by atoms with van der Waals surface area (Å²) < 4.78 is 7.32. The summed E-state index contributed by atoms with van der Waals surface area (Å²) in [4.78, 5) is 0. The predicted molar refractivity (Wildman–Crippen MR) is 215 cm³/mol. The molecule has 11 aromatic rings. The van der Waals surface area contributed by atoms with Gasteiger partial charge in [0.05, 0.1) is 33.1 Å². The van der Waals surface area contributed by atoms with Crippen LogP contribution in [0.4, 0.5) is 0 Å². The van der Waals surface area contributed by atoms with E-state index in [1.54, 1.807) is 0 Å². The van der Waals surface area contributed by atoms with Crippen molar-refractivity contribution < 1.29 is 0 Å². The summed E-state index contributed by atoms with van der Waals surface area (Å²) >= 11 is 0. The number of hydrogen-bond donors (Lipinski definition) is 0. The molecular formula is C48H31N3. The van der Waals surface area contributed by atoms with Crippen molar-refractivity contribution in [2.75, 3.05) is 0 Å². The third-order valence-corrected chi connectivity index (χ3v) is 10.6. The molecule has 3 heteroatoms. The Labute approximate surface area is 294 Å². The van der Waals surface area contributed by atoms with Gasteiger partial charge in [-0.3, -0.25) is 0 Å². The van der Waals surface area contributed by atoms with Crippen LogP contribution < -0.4 is 0 Å². The van der Waals surface area contributed by atoms with Gasteiger partial charge < -0.3 is 13.7 Å². The summed E-state index contributed by atoms with van der Waals surface area (Å²) in [5.41, 5.74) is 13.1. The average molecular weight is 650 g/mol. The Morgan fingerprint density at radius 2 is 0.725 bits per heavy atom. The maximum atomic E-state index is 2.47. The molecule has 0 fully saturated rings. The van der Waals surface area contributed by atoms with Crippen LogP contribution in [0.2, 0.25) is 0 Å². The largest absolute Gasteiger partial charge is 0.309 e. The number of benzene rings is 8. The Balaban J connectivity index is 1.22. The highest BCUT2D eigenvalue weighted by Gasteiger charge is 2.21. The summed E-state index contributed by atoms with van der Waals surface area (Å²) in [5, 5.41) is 7.52. The molecule has 3 nitrogen and oxygen atoms in total. The average Bonchev–Trinajstić information content (AvgIpc) is 3.84. The van der Waals surface area contributed by atoms with E-state index in [9.17, 15) is 0 Å². The third-order valence-electron chi connectivity index (χ3n) is 10.6. The number of para-hydroxylation sites is 4. The van der Waals surface area contributed by atoms with Gasteiger partial charge in [0.15, 0.2) is 0 Å². The highest BCUT2D eigenvalue weighted by Crippen LogP contribution is 2.43. The maximum Gasteiger partial charge on any atom is 0.0641 e. The number of nitrogens with zero attached hydrogens (tertiary/aromatic N) is 3. The van der Waals surface area contributed by atoms with Gasteiger partial charge in [-0.25, -0.2) is 0 Å². The molecule has 0 aliphatic carbocycles. The molecule has 51 heavy (non-hydrogen) atoms. The fourth-order valence-corrected chi connectivity index (χ4v) is 8.44. The molecule has 0 N–H and O–H groups in total. The Kier molecular flexibility index (Phi) is 5.96.